The van der Waals surface area contributed by atoms with Crippen LogP contribution in [0.3, 0.4) is 0 Å². The molecule has 0 saturated carbocycles. The Morgan fingerprint density at radius 1 is 1.00 bits per heavy atom. The zero-order valence-electron chi connectivity index (χ0n) is 16.5. The van der Waals surface area contributed by atoms with Gasteiger partial charge in [-0.3, -0.25) is 4.99 Å². The molecule has 3 N–H and O–H groups in total. The summed E-state index contributed by atoms with van der Waals surface area (Å²) in [4.78, 5) is 4.63. The van der Waals surface area contributed by atoms with Crippen LogP contribution < -0.4 is 15.4 Å². The summed E-state index contributed by atoms with van der Waals surface area (Å²) in [7, 11) is 0. The van der Waals surface area contributed by atoms with E-state index in [2.05, 4.69) is 15.6 Å². The number of nitrogens with one attached hydrogen (secondary N) is 2. The lowest BCUT2D eigenvalue weighted by molar-refractivity contribution is 0.268. The molecule has 0 amide bonds. The molecule has 1 unspecified atom stereocenters. The van der Waals surface area contributed by atoms with Gasteiger partial charge in [-0.2, -0.15) is 0 Å². The number of ether oxygens (including phenoxy) is 1. The Bertz CT molecular complexity index is 653. The maximum atomic E-state index is 9.67. The van der Waals surface area contributed by atoms with Crippen molar-refractivity contribution < 1.29 is 9.84 Å². The molecule has 0 aliphatic carbocycles. The van der Waals surface area contributed by atoms with Crippen molar-refractivity contribution in [1.82, 2.24) is 10.6 Å². The Balaban J connectivity index is 0.00000392. The van der Waals surface area contributed by atoms with E-state index < -0.39 is 0 Å². The smallest absolute Gasteiger partial charge is 0.191 e. The van der Waals surface area contributed by atoms with Crippen molar-refractivity contribution >= 4 is 29.9 Å². The molecular formula is C22H32IN3O2. The van der Waals surface area contributed by atoms with E-state index in [0.717, 1.165) is 43.2 Å². The highest BCUT2D eigenvalue weighted by molar-refractivity contribution is 14.0. The van der Waals surface area contributed by atoms with Gasteiger partial charge in [-0.15, -0.1) is 24.0 Å². The van der Waals surface area contributed by atoms with Gasteiger partial charge in [0.2, 0.25) is 0 Å². The molecule has 0 aromatic heterocycles. The Morgan fingerprint density at radius 2 is 1.68 bits per heavy atom. The quantitative estimate of drug-likeness (QED) is 0.191. The van der Waals surface area contributed by atoms with Crippen LogP contribution in [0.1, 0.15) is 31.2 Å². The van der Waals surface area contributed by atoms with E-state index in [9.17, 15) is 5.11 Å². The number of aliphatic hydroxyl groups is 1. The fourth-order valence-corrected chi connectivity index (χ4v) is 2.68. The molecule has 0 heterocycles. The summed E-state index contributed by atoms with van der Waals surface area (Å²) in [6, 6.07) is 19.9. The number of aliphatic imine (C=N–C) groups is 1. The summed E-state index contributed by atoms with van der Waals surface area (Å²) in [5, 5.41) is 16.3. The molecule has 2 aromatic carbocycles. The summed E-state index contributed by atoms with van der Waals surface area (Å²) in [6.45, 7) is 5.03. The van der Waals surface area contributed by atoms with Gasteiger partial charge in [-0.1, -0.05) is 48.5 Å². The lowest BCUT2D eigenvalue weighted by atomic mass is 10.0. The fourth-order valence-electron chi connectivity index (χ4n) is 2.68. The molecule has 28 heavy (non-hydrogen) atoms. The second kappa shape index (κ2) is 15.2. The standard InChI is InChI=1S/C22H31N3O2.HI/c1-2-23-22(25-17-20(18-26)19-11-5-3-6-12-19)24-15-9-10-16-27-21-13-7-4-8-14-21;/h3-8,11-14,20,26H,2,9-10,15-18H2,1H3,(H2,23,24,25);1H. The lowest BCUT2D eigenvalue weighted by Gasteiger charge is -2.15. The first-order chi connectivity index (χ1) is 13.3. The van der Waals surface area contributed by atoms with Crippen LogP contribution in [0.25, 0.3) is 0 Å². The van der Waals surface area contributed by atoms with E-state index in [-0.39, 0.29) is 36.5 Å². The van der Waals surface area contributed by atoms with Gasteiger partial charge in [0, 0.05) is 19.0 Å². The molecule has 2 rings (SSSR count). The molecule has 1 atom stereocenters. The van der Waals surface area contributed by atoms with Crippen molar-refractivity contribution in [3.63, 3.8) is 0 Å². The van der Waals surface area contributed by atoms with Crippen molar-refractivity contribution in [2.75, 3.05) is 32.8 Å². The number of unbranched alkanes of at least 4 members (excludes halogenated alkanes) is 1. The zero-order chi connectivity index (χ0) is 19.2. The molecule has 0 saturated heterocycles. The maximum absolute atomic E-state index is 9.67. The SMILES string of the molecule is CCNC(=NCC(CO)c1ccccc1)NCCCCOc1ccccc1.I. The largest absolute Gasteiger partial charge is 0.494 e. The highest BCUT2D eigenvalue weighted by Crippen LogP contribution is 2.14. The lowest BCUT2D eigenvalue weighted by Crippen LogP contribution is -2.38. The van der Waals surface area contributed by atoms with Crippen LogP contribution in [-0.4, -0.2) is 43.9 Å². The van der Waals surface area contributed by atoms with Crippen molar-refractivity contribution in [2.45, 2.75) is 25.7 Å². The minimum atomic E-state index is 0. The highest BCUT2D eigenvalue weighted by atomic mass is 127. The molecule has 0 bridgehead atoms. The molecular weight excluding hydrogens is 465 g/mol. The average molecular weight is 497 g/mol. The molecule has 5 nitrogen and oxygen atoms in total. The van der Waals surface area contributed by atoms with E-state index in [1.807, 2.05) is 67.6 Å². The second-order valence-corrected chi connectivity index (χ2v) is 6.31. The minimum absolute atomic E-state index is 0. The third-order valence-corrected chi connectivity index (χ3v) is 4.18. The molecule has 0 aliphatic heterocycles. The van der Waals surface area contributed by atoms with E-state index in [0.29, 0.717) is 13.2 Å². The number of halogens is 1. The number of para-hydroxylation sites is 1. The van der Waals surface area contributed by atoms with Crippen LogP contribution in [0.5, 0.6) is 5.75 Å². The van der Waals surface area contributed by atoms with E-state index in [1.54, 1.807) is 0 Å². The Labute approximate surface area is 185 Å². The molecule has 0 fully saturated rings. The third kappa shape index (κ3) is 9.41. The molecule has 2 aromatic rings. The van der Waals surface area contributed by atoms with Crippen molar-refractivity contribution in [3.8, 4) is 5.75 Å². The number of rotatable bonds is 11. The summed E-state index contributed by atoms with van der Waals surface area (Å²) in [6.07, 6.45) is 1.98. The monoisotopic (exact) mass is 497 g/mol. The van der Waals surface area contributed by atoms with Gasteiger partial charge in [0.1, 0.15) is 5.75 Å². The van der Waals surface area contributed by atoms with Crippen LogP contribution in [0.15, 0.2) is 65.7 Å². The molecule has 0 aliphatic rings. The van der Waals surface area contributed by atoms with Gasteiger partial charge in [0.25, 0.3) is 0 Å². The molecule has 0 radical (unpaired) electrons. The summed E-state index contributed by atoms with van der Waals surface area (Å²) >= 11 is 0. The van der Waals surface area contributed by atoms with Gasteiger partial charge in [0.15, 0.2) is 5.96 Å². The van der Waals surface area contributed by atoms with Gasteiger partial charge >= 0.3 is 0 Å². The van der Waals surface area contributed by atoms with Crippen LogP contribution in [0, 0.1) is 0 Å². The minimum Gasteiger partial charge on any atom is -0.494 e. The van der Waals surface area contributed by atoms with Crippen molar-refractivity contribution in [2.24, 2.45) is 4.99 Å². The topological polar surface area (TPSA) is 65.9 Å². The normalized spacial score (nSPS) is 12.0. The highest BCUT2D eigenvalue weighted by Gasteiger charge is 2.09. The first-order valence-corrected chi connectivity index (χ1v) is 9.69. The van der Waals surface area contributed by atoms with Gasteiger partial charge in [0.05, 0.1) is 19.8 Å². The average Bonchev–Trinajstić information content (AvgIpc) is 2.72. The van der Waals surface area contributed by atoms with Crippen LogP contribution in [-0.2, 0) is 0 Å². The summed E-state index contributed by atoms with van der Waals surface area (Å²) < 4.78 is 5.70. The van der Waals surface area contributed by atoms with E-state index in [4.69, 9.17) is 4.74 Å². The Morgan fingerprint density at radius 3 is 2.32 bits per heavy atom. The van der Waals surface area contributed by atoms with Gasteiger partial charge in [-0.05, 0) is 37.5 Å². The Kier molecular flexibility index (Phi) is 13.1. The van der Waals surface area contributed by atoms with Crippen LogP contribution in [0.4, 0.5) is 0 Å². The van der Waals surface area contributed by atoms with Crippen LogP contribution >= 0.6 is 24.0 Å². The van der Waals surface area contributed by atoms with E-state index in [1.165, 1.54) is 0 Å². The number of guanidine groups is 1. The van der Waals surface area contributed by atoms with Gasteiger partial charge < -0.3 is 20.5 Å². The first-order valence-electron chi connectivity index (χ1n) is 9.69. The molecule has 0 spiro atoms. The second-order valence-electron chi connectivity index (χ2n) is 6.31. The first kappa shape index (κ1) is 24.2. The summed E-state index contributed by atoms with van der Waals surface area (Å²) in [5.41, 5.74) is 1.11. The number of aliphatic hydroxyl groups excluding tert-OH is 1. The Hall–Kier alpha value is -1.80. The molecule has 6 heteroatoms. The zero-order valence-corrected chi connectivity index (χ0v) is 18.8. The van der Waals surface area contributed by atoms with Crippen molar-refractivity contribution in [3.05, 3.63) is 66.2 Å². The predicted molar refractivity (Wildman–Crippen MR) is 127 cm³/mol. The number of benzene rings is 2. The summed E-state index contributed by atoms with van der Waals surface area (Å²) in [5.74, 6) is 1.72. The number of nitrogens with zero attached hydrogens (tertiary/aromatic N) is 1. The number of hydrogen-bond donors (Lipinski definition) is 3. The van der Waals surface area contributed by atoms with Crippen molar-refractivity contribution in [1.29, 1.82) is 0 Å². The number of hydrogen-bond acceptors (Lipinski definition) is 3. The molecule has 154 valence electrons. The maximum Gasteiger partial charge on any atom is 0.191 e. The predicted octanol–water partition coefficient (Wildman–Crippen LogP) is 3.79. The van der Waals surface area contributed by atoms with Crippen LogP contribution in [0.2, 0.25) is 0 Å². The van der Waals surface area contributed by atoms with Gasteiger partial charge in [-0.25, -0.2) is 0 Å². The fraction of sp³-hybridized carbons (Fsp3) is 0.409. The van der Waals surface area contributed by atoms with E-state index >= 15 is 0 Å². The third-order valence-electron chi connectivity index (χ3n) is 4.18.